The predicted octanol–water partition coefficient (Wildman–Crippen LogP) is 5.00. The second-order valence-corrected chi connectivity index (χ2v) is 4.88. The third-order valence-electron chi connectivity index (χ3n) is 3.04. The van der Waals surface area contributed by atoms with E-state index in [1.807, 2.05) is 0 Å². The van der Waals surface area contributed by atoms with Crippen LogP contribution in [0.25, 0.3) is 0 Å². The van der Waals surface area contributed by atoms with Crippen molar-refractivity contribution < 1.29 is 0 Å². The Morgan fingerprint density at radius 3 is 2.53 bits per heavy atom. The normalized spacial score (nSPS) is 14.6. The van der Waals surface area contributed by atoms with Crippen molar-refractivity contribution >= 4 is 6.71 Å². The highest BCUT2D eigenvalue weighted by molar-refractivity contribution is 6.62. The third kappa shape index (κ3) is 8.53. The minimum atomic E-state index is 0.755. The molecule has 15 heavy (non-hydrogen) atoms. The van der Waals surface area contributed by atoms with Gasteiger partial charge in [0.2, 0.25) is 0 Å². The van der Waals surface area contributed by atoms with Crippen molar-refractivity contribution in [1.29, 1.82) is 0 Å². The van der Waals surface area contributed by atoms with Gasteiger partial charge in [-0.2, -0.15) is 0 Å². The SMILES string of the molecule is CC=CB(C)CCCC(C)CC(C)=CC. The van der Waals surface area contributed by atoms with Crippen LogP contribution in [0.4, 0.5) is 0 Å². The quantitative estimate of drug-likeness (QED) is 0.406. The van der Waals surface area contributed by atoms with Crippen molar-refractivity contribution in [3.8, 4) is 0 Å². The molecule has 0 aliphatic heterocycles. The van der Waals surface area contributed by atoms with Crippen LogP contribution in [0.2, 0.25) is 13.1 Å². The average Bonchev–Trinajstić information content (AvgIpc) is 2.18. The first kappa shape index (κ1) is 14.5. The van der Waals surface area contributed by atoms with Crippen molar-refractivity contribution in [3.05, 3.63) is 23.7 Å². The van der Waals surface area contributed by atoms with Crippen LogP contribution in [0.1, 0.15) is 47.0 Å². The Kier molecular flexibility index (Phi) is 8.55. The maximum Gasteiger partial charge on any atom is 0.162 e. The molecule has 0 spiro atoms. The molecule has 0 saturated carbocycles. The highest BCUT2D eigenvalue weighted by atomic mass is 14.1. The monoisotopic (exact) mass is 206 g/mol. The lowest BCUT2D eigenvalue weighted by atomic mass is 9.49. The smallest absolute Gasteiger partial charge is 0.120 e. The highest BCUT2D eigenvalue weighted by Gasteiger charge is 2.05. The van der Waals surface area contributed by atoms with Crippen molar-refractivity contribution in [2.75, 3.05) is 0 Å². The molecule has 0 heterocycles. The van der Waals surface area contributed by atoms with Crippen molar-refractivity contribution in [2.45, 2.75) is 60.1 Å². The second kappa shape index (κ2) is 8.82. The van der Waals surface area contributed by atoms with Gasteiger partial charge in [-0.15, -0.1) is 12.1 Å². The topological polar surface area (TPSA) is 0 Å². The molecule has 0 aromatic heterocycles. The summed E-state index contributed by atoms with van der Waals surface area (Å²) >= 11 is 0. The number of allylic oxidation sites excluding steroid dienone is 3. The van der Waals surface area contributed by atoms with E-state index in [1.165, 1.54) is 31.2 Å². The van der Waals surface area contributed by atoms with Gasteiger partial charge in [-0.25, -0.2) is 0 Å². The standard InChI is InChI=1S/C14H27B/c1-6-10-15(5)11-8-9-14(4)12-13(3)7-2/h6-7,10,14H,8-9,11-12H2,1-5H3. The van der Waals surface area contributed by atoms with Crippen LogP contribution >= 0.6 is 0 Å². The number of rotatable bonds is 7. The lowest BCUT2D eigenvalue weighted by Gasteiger charge is -2.11. The van der Waals surface area contributed by atoms with Gasteiger partial charge in [-0.1, -0.05) is 44.6 Å². The first-order chi connectivity index (χ1) is 7.10. The number of hydrogen-bond donors (Lipinski definition) is 0. The third-order valence-corrected chi connectivity index (χ3v) is 3.04. The summed E-state index contributed by atoms with van der Waals surface area (Å²) in [6, 6.07) is 0. The molecule has 0 aromatic rings. The Hall–Kier alpha value is -0.455. The molecule has 0 fully saturated rings. The fraction of sp³-hybridized carbons (Fsp3) is 0.714. The molecule has 1 unspecified atom stereocenters. The van der Waals surface area contributed by atoms with Crippen LogP contribution < -0.4 is 0 Å². The van der Waals surface area contributed by atoms with Crippen LogP contribution in [0, 0.1) is 5.92 Å². The van der Waals surface area contributed by atoms with Crippen LogP contribution in [-0.2, 0) is 0 Å². The molecule has 0 aliphatic carbocycles. The van der Waals surface area contributed by atoms with E-state index in [-0.39, 0.29) is 0 Å². The molecule has 0 saturated heterocycles. The van der Waals surface area contributed by atoms with Gasteiger partial charge in [0.25, 0.3) is 0 Å². The zero-order chi connectivity index (χ0) is 11.7. The summed E-state index contributed by atoms with van der Waals surface area (Å²) in [6.07, 6.45) is 9.74. The Morgan fingerprint density at radius 2 is 2.00 bits per heavy atom. The Balaban J connectivity index is 3.59. The van der Waals surface area contributed by atoms with Gasteiger partial charge in [0, 0.05) is 0 Å². The summed E-state index contributed by atoms with van der Waals surface area (Å²) in [6.45, 7) is 11.9. The molecular weight excluding hydrogens is 179 g/mol. The van der Waals surface area contributed by atoms with Crippen LogP contribution in [-0.4, -0.2) is 6.71 Å². The lowest BCUT2D eigenvalue weighted by Crippen LogP contribution is -2.04. The highest BCUT2D eigenvalue weighted by Crippen LogP contribution is 2.18. The van der Waals surface area contributed by atoms with Gasteiger partial charge < -0.3 is 0 Å². The van der Waals surface area contributed by atoms with E-state index < -0.39 is 0 Å². The van der Waals surface area contributed by atoms with E-state index >= 15 is 0 Å². The van der Waals surface area contributed by atoms with E-state index in [0.717, 1.165) is 12.6 Å². The van der Waals surface area contributed by atoms with Crippen molar-refractivity contribution in [3.63, 3.8) is 0 Å². The van der Waals surface area contributed by atoms with Crippen LogP contribution in [0.5, 0.6) is 0 Å². The van der Waals surface area contributed by atoms with Crippen molar-refractivity contribution in [2.24, 2.45) is 5.92 Å². The number of hydrogen-bond acceptors (Lipinski definition) is 0. The summed E-state index contributed by atoms with van der Waals surface area (Å²) < 4.78 is 0. The van der Waals surface area contributed by atoms with Gasteiger partial charge >= 0.3 is 0 Å². The summed E-state index contributed by atoms with van der Waals surface area (Å²) in [5.74, 6) is 3.15. The van der Waals surface area contributed by atoms with E-state index in [1.54, 1.807) is 0 Å². The van der Waals surface area contributed by atoms with E-state index in [4.69, 9.17) is 0 Å². The molecule has 0 amide bonds. The maximum atomic E-state index is 2.37. The zero-order valence-corrected chi connectivity index (χ0v) is 11.2. The van der Waals surface area contributed by atoms with Crippen LogP contribution in [0.15, 0.2) is 23.7 Å². The molecule has 1 heteroatoms. The minimum Gasteiger partial charge on any atom is -0.120 e. The molecule has 0 aliphatic rings. The fourth-order valence-corrected chi connectivity index (χ4v) is 1.98. The second-order valence-electron chi connectivity index (χ2n) is 4.88. The molecular formula is C14H27B. The fourth-order valence-electron chi connectivity index (χ4n) is 1.98. The Morgan fingerprint density at radius 1 is 1.33 bits per heavy atom. The molecule has 86 valence electrons. The average molecular weight is 206 g/mol. The molecule has 0 rings (SSSR count). The largest absolute Gasteiger partial charge is 0.162 e. The molecule has 1 atom stereocenters. The zero-order valence-electron chi connectivity index (χ0n) is 11.2. The van der Waals surface area contributed by atoms with Crippen molar-refractivity contribution in [1.82, 2.24) is 0 Å². The van der Waals surface area contributed by atoms with Gasteiger partial charge in [0.05, 0.1) is 0 Å². The van der Waals surface area contributed by atoms with Gasteiger partial charge in [0.1, 0.15) is 0 Å². The molecule has 0 bridgehead atoms. The van der Waals surface area contributed by atoms with Gasteiger partial charge in [-0.3, -0.25) is 0 Å². The summed E-state index contributed by atoms with van der Waals surface area (Å²) in [4.78, 5) is 0. The minimum absolute atomic E-state index is 0.755. The van der Waals surface area contributed by atoms with E-state index in [0.29, 0.717) is 0 Å². The molecule has 0 nitrogen and oxygen atoms in total. The molecule has 0 radical (unpaired) electrons. The Labute approximate surface area is 96.9 Å². The summed E-state index contributed by atoms with van der Waals surface area (Å²) in [5, 5.41) is 0. The van der Waals surface area contributed by atoms with E-state index in [9.17, 15) is 0 Å². The maximum absolute atomic E-state index is 2.37. The van der Waals surface area contributed by atoms with Gasteiger partial charge in [-0.05, 0) is 33.1 Å². The molecule has 0 N–H and O–H groups in total. The Bertz CT molecular complexity index is 203. The first-order valence-corrected chi connectivity index (χ1v) is 6.34. The molecule has 0 aromatic carbocycles. The summed E-state index contributed by atoms with van der Waals surface area (Å²) in [5.41, 5.74) is 1.53. The summed E-state index contributed by atoms with van der Waals surface area (Å²) in [7, 11) is 0. The van der Waals surface area contributed by atoms with E-state index in [2.05, 4.69) is 52.6 Å². The predicted molar refractivity (Wildman–Crippen MR) is 73.7 cm³/mol. The first-order valence-electron chi connectivity index (χ1n) is 6.34. The lowest BCUT2D eigenvalue weighted by molar-refractivity contribution is 0.519. The van der Waals surface area contributed by atoms with Crippen LogP contribution in [0.3, 0.4) is 0 Å². The van der Waals surface area contributed by atoms with Gasteiger partial charge in [0.15, 0.2) is 6.71 Å².